The van der Waals surface area contributed by atoms with Crippen molar-refractivity contribution in [3.63, 3.8) is 0 Å². The molecule has 0 aromatic heterocycles. The van der Waals surface area contributed by atoms with E-state index >= 15 is 0 Å². The standard InChI is InChI=1S/C18H17FN2O3S/c1-13(24-15-9-7-14(19)8-10-15)18(23)21-20-17(22)11-12-25-16-5-3-2-4-6-16/h2-13H,1H3,(H,20,22)(H,21,23)/b12-11+/t13-/m1/s1. The molecule has 2 aromatic rings. The van der Waals surface area contributed by atoms with Crippen LogP contribution in [-0.4, -0.2) is 17.9 Å². The van der Waals surface area contributed by atoms with Gasteiger partial charge in [0.05, 0.1) is 0 Å². The Morgan fingerprint density at radius 2 is 1.76 bits per heavy atom. The normalized spacial score (nSPS) is 11.8. The molecule has 0 aliphatic heterocycles. The predicted octanol–water partition coefficient (Wildman–Crippen LogP) is 3.05. The lowest BCUT2D eigenvalue weighted by molar-refractivity contribution is -0.131. The van der Waals surface area contributed by atoms with Gasteiger partial charge in [0, 0.05) is 11.0 Å². The highest BCUT2D eigenvalue weighted by Crippen LogP contribution is 2.17. The molecule has 0 saturated carbocycles. The van der Waals surface area contributed by atoms with E-state index in [1.807, 2.05) is 30.3 Å². The zero-order valence-electron chi connectivity index (χ0n) is 13.4. The van der Waals surface area contributed by atoms with Crippen LogP contribution in [0.2, 0.25) is 0 Å². The minimum Gasteiger partial charge on any atom is -0.481 e. The van der Waals surface area contributed by atoms with Gasteiger partial charge in [0.1, 0.15) is 11.6 Å². The molecule has 0 aliphatic carbocycles. The van der Waals surface area contributed by atoms with Crippen molar-refractivity contribution in [2.75, 3.05) is 0 Å². The molecule has 2 N–H and O–H groups in total. The third-order valence-electron chi connectivity index (χ3n) is 2.97. The number of hydrogen-bond donors (Lipinski definition) is 2. The maximum atomic E-state index is 12.8. The summed E-state index contributed by atoms with van der Waals surface area (Å²) >= 11 is 1.38. The fourth-order valence-electron chi connectivity index (χ4n) is 1.71. The maximum Gasteiger partial charge on any atom is 0.279 e. The highest BCUT2D eigenvalue weighted by Gasteiger charge is 2.14. The van der Waals surface area contributed by atoms with Crippen molar-refractivity contribution >= 4 is 23.6 Å². The first-order chi connectivity index (χ1) is 12.0. The lowest BCUT2D eigenvalue weighted by Gasteiger charge is -2.14. The Balaban J connectivity index is 1.72. The largest absolute Gasteiger partial charge is 0.481 e. The van der Waals surface area contributed by atoms with Crippen molar-refractivity contribution in [3.05, 3.63) is 71.9 Å². The summed E-state index contributed by atoms with van der Waals surface area (Å²) in [4.78, 5) is 24.5. The molecule has 2 aromatic carbocycles. The molecule has 5 nitrogen and oxygen atoms in total. The number of carbonyl (C=O) groups is 2. The average Bonchev–Trinajstić information content (AvgIpc) is 2.62. The lowest BCUT2D eigenvalue weighted by Crippen LogP contribution is -2.46. The number of ether oxygens (including phenoxy) is 1. The molecule has 0 radical (unpaired) electrons. The Morgan fingerprint density at radius 3 is 2.44 bits per heavy atom. The Hall–Kier alpha value is -2.80. The summed E-state index contributed by atoms with van der Waals surface area (Å²) in [7, 11) is 0. The molecule has 1 atom stereocenters. The zero-order chi connectivity index (χ0) is 18.1. The number of nitrogens with one attached hydrogen (secondary N) is 2. The molecule has 0 fully saturated rings. The molecule has 25 heavy (non-hydrogen) atoms. The van der Waals surface area contributed by atoms with Crippen LogP contribution >= 0.6 is 11.8 Å². The summed E-state index contributed by atoms with van der Waals surface area (Å²) in [6.07, 6.45) is 0.456. The number of benzene rings is 2. The second-order valence-corrected chi connectivity index (χ2v) is 5.91. The average molecular weight is 360 g/mol. The van der Waals surface area contributed by atoms with Crippen LogP contribution in [0.5, 0.6) is 5.75 Å². The zero-order valence-corrected chi connectivity index (χ0v) is 14.3. The molecular weight excluding hydrogens is 343 g/mol. The Morgan fingerprint density at radius 1 is 1.08 bits per heavy atom. The molecule has 2 amide bonds. The van der Waals surface area contributed by atoms with Crippen molar-refractivity contribution in [3.8, 4) is 5.75 Å². The van der Waals surface area contributed by atoms with Gasteiger partial charge in [-0.25, -0.2) is 4.39 Å². The third kappa shape index (κ3) is 6.68. The van der Waals surface area contributed by atoms with Gasteiger partial charge in [0.25, 0.3) is 11.8 Å². The van der Waals surface area contributed by atoms with E-state index in [0.29, 0.717) is 5.75 Å². The second-order valence-electron chi connectivity index (χ2n) is 4.93. The first kappa shape index (κ1) is 18.5. The van der Waals surface area contributed by atoms with Crippen molar-refractivity contribution in [2.45, 2.75) is 17.9 Å². The second kappa shape index (κ2) is 9.48. The molecule has 0 saturated heterocycles. The van der Waals surface area contributed by atoms with E-state index in [9.17, 15) is 14.0 Å². The van der Waals surface area contributed by atoms with Gasteiger partial charge in [-0.05, 0) is 48.7 Å². The molecule has 2 rings (SSSR count). The molecule has 0 bridgehead atoms. The molecule has 0 aliphatic rings. The fraction of sp³-hybridized carbons (Fsp3) is 0.111. The predicted molar refractivity (Wildman–Crippen MR) is 94.2 cm³/mol. The van der Waals surface area contributed by atoms with Gasteiger partial charge in [-0.2, -0.15) is 0 Å². The van der Waals surface area contributed by atoms with E-state index in [1.165, 1.54) is 49.0 Å². The van der Waals surface area contributed by atoms with Crippen LogP contribution in [0.4, 0.5) is 4.39 Å². The molecule has 0 unspecified atom stereocenters. The van der Waals surface area contributed by atoms with Crippen molar-refractivity contribution in [1.29, 1.82) is 0 Å². The van der Waals surface area contributed by atoms with Gasteiger partial charge >= 0.3 is 0 Å². The van der Waals surface area contributed by atoms with Gasteiger partial charge in [-0.1, -0.05) is 30.0 Å². The van der Waals surface area contributed by atoms with Gasteiger partial charge in [0.15, 0.2) is 6.10 Å². The third-order valence-corrected chi connectivity index (χ3v) is 3.79. The van der Waals surface area contributed by atoms with Crippen LogP contribution in [-0.2, 0) is 9.59 Å². The van der Waals surface area contributed by atoms with E-state index in [4.69, 9.17) is 4.74 Å². The highest BCUT2D eigenvalue weighted by atomic mass is 32.2. The Kier molecular flexibility index (Phi) is 7.03. The molecule has 7 heteroatoms. The number of thioether (sulfide) groups is 1. The van der Waals surface area contributed by atoms with Crippen LogP contribution in [0.15, 0.2) is 71.0 Å². The maximum absolute atomic E-state index is 12.8. The lowest BCUT2D eigenvalue weighted by atomic mass is 10.3. The highest BCUT2D eigenvalue weighted by molar-refractivity contribution is 8.02. The van der Waals surface area contributed by atoms with Crippen molar-refractivity contribution < 1.29 is 18.7 Å². The van der Waals surface area contributed by atoms with Gasteiger partial charge < -0.3 is 4.74 Å². The van der Waals surface area contributed by atoms with E-state index in [0.717, 1.165) is 4.90 Å². The van der Waals surface area contributed by atoms with E-state index in [-0.39, 0.29) is 0 Å². The Bertz CT molecular complexity index is 736. The van der Waals surface area contributed by atoms with Crippen LogP contribution in [0, 0.1) is 5.82 Å². The molecule has 130 valence electrons. The number of hydrazine groups is 1. The van der Waals surface area contributed by atoms with Gasteiger partial charge in [0.2, 0.25) is 0 Å². The van der Waals surface area contributed by atoms with Crippen LogP contribution in [0.25, 0.3) is 0 Å². The summed E-state index contributed by atoms with van der Waals surface area (Å²) in [6.45, 7) is 1.52. The van der Waals surface area contributed by atoms with Crippen molar-refractivity contribution in [2.24, 2.45) is 0 Å². The Labute approximate surface area is 149 Å². The summed E-state index contributed by atoms with van der Waals surface area (Å²) in [5.41, 5.74) is 4.53. The topological polar surface area (TPSA) is 67.4 Å². The first-order valence-corrected chi connectivity index (χ1v) is 8.33. The number of hydrogen-bond acceptors (Lipinski definition) is 4. The van der Waals surface area contributed by atoms with Crippen LogP contribution in [0.1, 0.15) is 6.92 Å². The summed E-state index contributed by atoms with van der Waals surface area (Å²) in [5.74, 6) is -1.03. The monoisotopic (exact) mass is 360 g/mol. The van der Waals surface area contributed by atoms with E-state index in [1.54, 1.807) is 5.41 Å². The summed E-state index contributed by atoms with van der Waals surface area (Å²) in [6, 6.07) is 14.9. The minimum absolute atomic E-state index is 0.356. The van der Waals surface area contributed by atoms with Crippen molar-refractivity contribution in [1.82, 2.24) is 10.9 Å². The van der Waals surface area contributed by atoms with Crippen LogP contribution < -0.4 is 15.6 Å². The summed E-state index contributed by atoms with van der Waals surface area (Å²) in [5, 5.41) is 1.62. The SMILES string of the molecule is C[C@@H](Oc1ccc(F)cc1)C(=O)NNC(=O)/C=C/Sc1ccccc1. The van der Waals surface area contributed by atoms with Gasteiger partial charge in [-0.15, -0.1) is 0 Å². The quantitative estimate of drug-likeness (QED) is 0.472. The number of halogens is 1. The minimum atomic E-state index is -0.853. The summed E-state index contributed by atoms with van der Waals surface area (Å²) < 4.78 is 18.2. The first-order valence-electron chi connectivity index (χ1n) is 7.45. The van der Waals surface area contributed by atoms with E-state index in [2.05, 4.69) is 10.9 Å². The fourth-order valence-corrected chi connectivity index (χ4v) is 2.37. The molecule has 0 heterocycles. The number of carbonyl (C=O) groups excluding carboxylic acids is 2. The van der Waals surface area contributed by atoms with Crippen LogP contribution in [0.3, 0.4) is 0 Å². The molecule has 0 spiro atoms. The number of amides is 2. The molecular formula is C18H17FN2O3S. The number of rotatable bonds is 6. The van der Waals surface area contributed by atoms with Gasteiger partial charge in [-0.3, -0.25) is 20.4 Å². The van der Waals surface area contributed by atoms with E-state index < -0.39 is 23.7 Å². The smallest absolute Gasteiger partial charge is 0.279 e.